The average molecular weight is 337 g/mol. The summed E-state index contributed by atoms with van der Waals surface area (Å²) in [5, 5.41) is 2.37. The van der Waals surface area contributed by atoms with Crippen LogP contribution in [0.3, 0.4) is 0 Å². The lowest BCUT2D eigenvalue weighted by atomic mass is 9.95. The molecule has 3 aromatic carbocycles. The first-order valence-electron chi connectivity index (χ1n) is 7.08. The van der Waals surface area contributed by atoms with Gasteiger partial charge in [-0.25, -0.2) is 0 Å². The van der Waals surface area contributed by atoms with Crippen LogP contribution in [0.15, 0.2) is 59.1 Å². The number of halogens is 1. The molecule has 0 spiro atoms. The second kappa shape index (κ2) is 4.81. The van der Waals surface area contributed by atoms with Crippen molar-refractivity contribution in [3.63, 3.8) is 0 Å². The highest BCUT2D eigenvalue weighted by molar-refractivity contribution is 9.10. The molecule has 0 N–H and O–H groups in total. The lowest BCUT2D eigenvalue weighted by molar-refractivity contribution is 0.103. The molecule has 0 fully saturated rings. The summed E-state index contributed by atoms with van der Waals surface area (Å²) in [4.78, 5) is 12.9. The van der Waals surface area contributed by atoms with E-state index < -0.39 is 0 Å². The van der Waals surface area contributed by atoms with E-state index in [-0.39, 0.29) is 5.78 Å². The van der Waals surface area contributed by atoms with Gasteiger partial charge in [-0.3, -0.25) is 4.79 Å². The summed E-state index contributed by atoms with van der Waals surface area (Å²) in [5.41, 5.74) is 4.24. The fourth-order valence-corrected chi connectivity index (χ4v) is 3.70. The molecular weight excluding hydrogens is 324 g/mol. The van der Waals surface area contributed by atoms with Crippen molar-refractivity contribution in [1.82, 2.24) is 0 Å². The molecule has 3 aromatic rings. The number of hydrogen-bond acceptors (Lipinski definition) is 1. The molecule has 0 unspecified atom stereocenters. The lowest BCUT2D eigenvalue weighted by Crippen LogP contribution is -2.03. The van der Waals surface area contributed by atoms with Crippen LogP contribution in [0, 0.1) is 0 Å². The number of carbonyl (C=O) groups excluding carboxylic acids is 1. The van der Waals surface area contributed by atoms with E-state index in [1.807, 2.05) is 30.3 Å². The van der Waals surface area contributed by atoms with Crippen LogP contribution in [-0.2, 0) is 12.8 Å². The number of benzene rings is 3. The van der Waals surface area contributed by atoms with Crippen molar-refractivity contribution < 1.29 is 4.79 Å². The van der Waals surface area contributed by atoms with Crippen molar-refractivity contribution in [3.05, 3.63) is 81.3 Å². The second-order valence-corrected chi connectivity index (χ2v) is 6.28. The number of carbonyl (C=O) groups is 1. The number of hydrogen-bond donors (Lipinski definition) is 0. The molecule has 2 heteroatoms. The largest absolute Gasteiger partial charge is 0.289 e. The predicted molar refractivity (Wildman–Crippen MR) is 88.9 cm³/mol. The molecule has 0 atom stereocenters. The molecule has 0 saturated carbocycles. The Morgan fingerprint density at radius 1 is 0.810 bits per heavy atom. The van der Waals surface area contributed by atoms with Crippen LogP contribution in [0.1, 0.15) is 27.0 Å². The first-order chi connectivity index (χ1) is 10.3. The summed E-state index contributed by atoms with van der Waals surface area (Å²) >= 11 is 3.48. The molecule has 0 bridgehead atoms. The molecular formula is C19H13BrO. The van der Waals surface area contributed by atoms with Crippen LogP contribution in [0.4, 0.5) is 0 Å². The minimum absolute atomic E-state index is 0.0816. The lowest BCUT2D eigenvalue weighted by Gasteiger charge is -2.09. The topological polar surface area (TPSA) is 17.1 Å². The van der Waals surface area contributed by atoms with Crippen molar-refractivity contribution >= 4 is 32.5 Å². The smallest absolute Gasteiger partial charge is 0.194 e. The molecule has 1 aliphatic carbocycles. The van der Waals surface area contributed by atoms with Crippen molar-refractivity contribution in [2.75, 3.05) is 0 Å². The third-order valence-corrected chi connectivity index (χ3v) is 4.93. The second-order valence-electron chi connectivity index (χ2n) is 5.42. The van der Waals surface area contributed by atoms with E-state index in [9.17, 15) is 4.79 Å². The van der Waals surface area contributed by atoms with E-state index >= 15 is 0 Å². The van der Waals surface area contributed by atoms with Gasteiger partial charge in [-0.15, -0.1) is 0 Å². The van der Waals surface area contributed by atoms with Gasteiger partial charge in [0.1, 0.15) is 0 Å². The molecule has 4 rings (SSSR count). The molecule has 0 saturated heterocycles. The zero-order valence-electron chi connectivity index (χ0n) is 11.4. The Hall–Kier alpha value is -1.93. The third-order valence-electron chi connectivity index (χ3n) is 4.24. The fraction of sp³-hybridized carbons (Fsp3) is 0.105. The van der Waals surface area contributed by atoms with Crippen LogP contribution >= 0.6 is 15.9 Å². The van der Waals surface area contributed by atoms with Gasteiger partial charge in [0.05, 0.1) is 0 Å². The van der Waals surface area contributed by atoms with Crippen molar-refractivity contribution in [2.24, 2.45) is 0 Å². The predicted octanol–water partition coefficient (Wildman–Crippen LogP) is 4.93. The highest BCUT2D eigenvalue weighted by Crippen LogP contribution is 2.34. The minimum Gasteiger partial charge on any atom is -0.289 e. The summed E-state index contributed by atoms with van der Waals surface area (Å²) in [5.74, 6) is 0.0816. The van der Waals surface area contributed by atoms with Gasteiger partial charge in [0.2, 0.25) is 0 Å². The van der Waals surface area contributed by atoms with Crippen LogP contribution in [0.2, 0.25) is 0 Å². The maximum absolute atomic E-state index is 12.9. The van der Waals surface area contributed by atoms with E-state index in [1.165, 1.54) is 16.5 Å². The summed E-state index contributed by atoms with van der Waals surface area (Å²) < 4.78 is 0.846. The number of ketones is 1. The van der Waals surface area contributed by atoms with Gasteiger partial charge < -0.3 is 0 Å². The van der Waals surface area contributed by atoms with E-state index in [2.05, 4.69) is 40.2 Å². The van der Waals surface area contributed by atoms with Crippen LogP contribution in [0.25, 0.3) is 10.8 Å². The summed E-state index contributed by atoms with van der Waals surface area (Å²) in [6.07, 6.45) is 2.17. The van der Waals surface area contributed by atoms with Crippen molar-refractivity contribution in [3.8, 4) is 0 Å². The van der Waals surface area contributed by atoms with E-state index in [4.69, 9.17) is 0 Å². The quantitative estimate of drug-likeness (QED) is 0.606. The van der Waals surface area contributed by atoms with Crippen LogP contribution < -0.4 is 0 Å². The molecule has 0 aliphatic heterocycles. The molecule has 0 heterocycles. The van der Waals surface area contributed by atoms with Gasteiger partial charge >= 0.3 is 0 Å². The summed E-state index contributed by atoms with van der Waals surface area (Å²) in [7, 11) is 0. The van der Waals surface area contributed by atoms with Gasteiger partial charge in [-0.2, -0.15) is 0 Å². The average Bonchev–Trinajstić information content (AvgIpc) is 2.93. The fourth-order valence-electron chi connectivity index (χ4n) is 3.24. The van der Waals surface area contributed by atoms with Gasteiger partial charge in [0.15, 0.2) is 5.78 Å². The summed E-state index contributed by atoms with van der Waals surface area (Å²) in [6.45, 7) is 0. The highest BCUT2D eigenvalue weighted by Gasteiger charge is 2.20. The molecule has 0 amide bonds. The first kappa shape index (κ1) is 12.8. The maximum Gasteiger partial charge on any atom is 0.194 e. The Bertz CT molecular complexity index is 870. The molecule has 0 radical (unpaired) electrons. The van der Waals surface area contributed by atoms with Gasteiger partial charge in [-0.1, -0.05) is 58.4 Å². The standard InChI is InChI=1S/C19H13BrO/c20-17-7-2-1-5-16(17)19(21)15-11-10-13-9-8-12-4-3-6-14(15)18(12)13/h1-7,10-11H,8-9H2. The van der Waals surface area contributed by atoms with E-state index in [1.54, 1.807) is 0 Å². The highest BCUT2D eigenvalue weighted by atomic mass is 79.9. The van der Waals surface area contributed by atoms with Crippen LogP contribution in [-0.4, -0.2) is 5.78 Å². The number of aryl methyl sites for hydroxylation is 2. The normalized spacial score (nSPS) is 12.8. The maximum atomic E-state index is 12.9. The monoisotopic (exact) mass is 336 g/mol. The SMILES string of the molecule is O=C(c1ccccc1Br)c1ccc2c3c(cccc13)CC2. The number of rotatable bonds is 2. The van der Waals surface area contributed by atoms with Gasteiger partial charge in [0.25, 0.3) is 0 Å². The molecule has 21 heavy (non-hydrogen) atoms. The van der Waals surface area contributed by atoms with Crippen LogP contribution in [0.5, 0.6) is 0 Å². The van der Waals surface area contributed by atoms with Crippen molar-refractivity contribution in [1.29, 1.82) is 0 Å². The minimum atomic E-state index is 0.0816. The molecule has 1 aliphatic rings. The Labute approximate surface area is 131 Å². The Kier molecular flexibility index (Phi) is 2.93. The third kappa shape index (κ3) is 1.94. The molecule has 0 aromatic heterocycles. The Morgan fingerprint density at radius 2 is 1.57 bits per heavy atom. The van der Waals surface area contributed by atoms with E-state index in [0.717, 1.165) is 33.8 Å². The van der Waals surface area contributed by atoms with Gasteiger partial charge in [-0.05, 0) is 46.9 Å². The van der Waals surface area contributed by atoms with E-state index in [0.29, 0.717) is 0 Å². The van der Waals surface area contributed by atoms with Crippen molar-refractivity contribution in [2.45, 2.75) is 12.8 Å². The van der Waals surface area contributed by atoms with Gasteiger partial charge in [0, 0.05) is 15.6 Å². The first-order valence-corrected chi connectivity index (χ1v) is 7.88. The molecule has 102 valence electrons. The zero-order valence-corrected chi connectivity index (χ0v) is 13.0. The summed E-state index contributed by atoms with van der Waals surface area (Å²) in [6, 6.07) is 18.0. The Balaban J connectivity index is 1.97. The molecule has 1 nitrogen and oxygen atoms in total. The zero-order chi connectivity index (χ0) is 14.4. The Morgan fingerprint density at radius 3 is 2.38 bits per heavy atom.